The van der Waals surface area contributed by atoms with Crippen LogP contribution in [-0.2, 0) is 20.7 Å². The van der Waals surface area contributed by atoms with Gasteiger partial charge < -0.3 is 19.9 Å². The molecule has 0 fully saturated rings. The summed E-state index contributed by atoms with van der Waals surface area (Å²) in [5.74, 6) is -0.338. The Balaban J connectivity index is 1.79. The second-order valence-electron chi connectivity index (χ2n) is 7.58. The SMILES string of the molecule is CC(C)(C)OC(=O)CNCC(O)c1ccc(OC(=O)Cc2cccc(Br)c2)cc1. The second-order valence-corrected chi connectivity index (χ2v) is 8.50. The van der Waals surface area contributed by atoms with Crippen molar-refractivity contribution in [2.45, 2.75) is 38.9 Å². The van der Waals surface area contributed by atoms with Gasteiger partial charge >= 0.3 is 11.9 Å². The Morgan fingerprint density at radius 2 is 1.79 bits per heavy atom. The summed E-state index contributed by atoms with van der Waals surface area (Å²) in [6.07, 6.45) is -0.637. The molecule has 0 aliphatic carbocycles. The van der Waals surface area contributed by atoms with Gasteiger partial charge in [0, 0.05) is 11.0 Å². The maximum Gasteiger partial charge on any atom is 0.320 e. The van der Waals surface area contributed by atoms with Crippen LogP contribution in [-0.4, -0.2) is 35.7 Å². The van der Waals surface area contributed by atoms with Crippen LogP contribution < -0.4 is 10.1 Å². The molecule has 0 amide bonds. The van der Waals surface area contributed by atoms with Gasteiger partial charge in [-0.25, -0.2) is 0 Å². The lowest BCUT2D eigenvalue weighted by atomic mass is 10.1. The van der Waals surface area contributed by atoms with Crippen molar-refractivity contribution in [3.63, 3.8) is 0 Å². The number of nitrogens with one attached hydrogen (secondary N) is 1. The smallest absolute Gasteiger partial charge is 0.320 e. The number of aliphatic hydroxyl groups is 1. The van der Waals surface area contributed by atoms with Crippen molar-refractivity contribution >= 4 is 27.9 Å². The Morgan fingerprint density at radius 3 is 2.41 bits per heavy atom. The minimum absolute atomic E-state index is 0.0135. The molecule has 2 rings (SSSR count). The van der Waals surface area contributed by atoms with E-state index in [0.717, 1.165) is 10.0 Å². The molecule has 6 nitrogen and oxygen atoms in total. The maximum absolute atomic E-state index is 12.1. The molecular formula is C22H26BrNO5. The highest BCUT2D eigenvalue weighted by Crippen LogP contribution is 2.19. The summed E-state index contributed by atoms with van der Waals surface area (Å²) in [6, 6.07) is 14.1. The molecule has 0 aliphatic heterocycles. The maximum atomic E-state index is 12.1. The number of benzene rings is 2. The Hall–Kier alpha value is -2.22. The molecule has 1 atom stereocenters. The molecule has 2 N–H and O–H groups in total. The van der Waals surface area contributed by atoms with Crippen LogP contribution in [0.3, 0.4) is 0 Å². The van der Waals surface area contributed by atoms with Crippen molar-refractivity contribution in [1.29, 1.82) is 0 Å². The number of carbonyl (C=O) groups excluding carboxylic acids is 2. The highest BCUT2D eigenvalue weighted by atomic mass is 79.9. The van der Waals surface area contributed by atoms with Crippen LogP contribution >= 0.6 is 15.9 Å². The van der Waals surface area contributed by atoms with Crippen LogP contribution in [0.1, 0.15) is 38.0 Å². The molecule has 2 aromatic rings. The molecular weight excluding hydrogens is 438 g/mol. The van der Waals surface area contributed by atoms with Gasteiger partial charge in [-0.05, 0) is 56.2 Å². The number of carbonyl (C=O) groups is 2. The summed E-state index contributed by atoms with van der Waals surface area (Å²) in [4.78, 5) is 23.7. The molecule has 0 aliphatic rings. The fraction of sp³-hybridized carbons (Fsp3) is 0.364. The van der Waals surface area contributed by atoms with E-state index in [1.165, 1.54) is 0 Å². The van der Waals surface area contributed by atoms with E-state index in [-0.39, 0.29) is 31.4 Å². The zero-order chi connectivity index (χ0) is 21.4. The predicted octanol–water partition coefficient (Wildman–Crippen LogP) is 3.56. The van der Waals surface area contributed by atoms with E-state index in [4.69, 9.17) is 9.47 Å². The average molecular weight is 464 g/mol. The first-order valence-electron chi connectivity index (χ1n) is 9.28. The van der Waals surface area contributed by atoms with E-state index in [0.29, 0.717) is 11.3 Å². The standard InChI is InChI=1S/C22H26BrNO5/c1-22(2,3)29-21(27)14-24-13-19(25)16-7-9-18(10-8-16)28-20(26)12-15-5-4-6-17(23)11-15/h4-11,19,24-25H,12-14H2,1-3H3. The normalized spacial score (nSPS) is 12.3. The summed E-state index contributed by atoms with van der Waals surface area (Å²) in [5.41, 5.74) is 0.961. The lowest BCUT2D eigenvalue weighted by molar-refractivity contribution is -0.153. The van der Waals surface area contributed by atoms with Crippen LogP contribution in [0.4, 0.5) is 0 Å². The average Bonchev–Trinajstić information content (AvgIpc) is 2.60. The Morgan fingerprint density at radius 1 is 1.10 bits per heavy atom. The van der Waals surface area contributed by atoms with Crippen LogP contribution in [0.5, 0.6) is 5.75 Å². The topological polar surface area (TPSA) is 84.9 Å². The van der Waals surface area contributed by atoms with Crippen molar-refractivity contribution in [1.82, 2.24) is 5.32 Å². The third-order valence-corrected chi connectivity index (χ3v) is 4.25. The van der Waals surface area contributed by atoms with Gasteiger partial charge in [0.15, 0.2) is 0 Å². The van der Waals surface area contributed by atoms with Crippen molar-refractivity contribution in [3.8, 4) is 5.75 Å². The number of esters is 2. The highest BCUT2D eigenvalue weighted by molar-refractivity contribution is 9.10. The van der Waals surface area contributed by atoms with Crippen LogP contribution in [0, 0.1) is 0 Å². The van der Waals surface area contributed by atoms with Gasteiger partial charge in [0.1, 0.15) is 11.4 Å². The van der Waals surface area contributed by atoms with Crippen LogP contribution in [0.25, 0.3) is 0 Å². The predicted molar refractivity (Wildman–Crippen MR) is 114 cm³/mol. The Labute approximate surface area is 179 Å². The number of hydrogen-bond donors (Lipinski definition) is 2. The summed E-state index contributed by atoms with van der Waals surface area (Å²) < 4.78 is 11.4. The van der Waals surface area contributed by atoms with Gasteiger partial charge in [0.2, 0.25) is 0 Å². The van der Waals surface area contributed by atoms with E-state index >= 15 is 0 Å². The monoisotopic (exact) mass is 463 g/mol. The van der Waals surface area contributed by atoms with Crippen molar-refractivity contribution in [3.05, 3.63) is 64.1 Å². The molecule has 0 saturated carbocycles. The lowest BCUT2D eigenvalue weighted by Crippen LogP contribution is -2.33. The van der Waals surface area contributed by atoms with E-state index < -0.39 is 11.7 Å². The molecule has 1 unspecified atom stereocenters. The van der Waals surface area contributed by atoms with Crippen molar-refractivity contribution in [2.75, 3.05) is 13.1 Å². The number of hydrogen-bond acceptors (Lipinski definition) is 6. The van der Waals surface area contributed by atoms with Crippen molar-refractivity contribution in [2.24, 2.45) is 0 Å². The van der Waals surface area contributed by atoms with Crippen LogP contribution in [0.15, 0.2) is 53.0 Å². The number of rotatable bonds is 8. The molecule has 0 aromatic heterocycles. The summed E-state index contributed by atoms with van der Waals surface area (Å²) in [7, 11) is 0. The van der Waals surface area contributed by atoms with E-state index in [9.17, 15) is 14.7 Å². The molecule has 0 spiro atoms. The van der Waals surface area contributed by atoms with E-state index in [1.54, 1.807) is 45.0 Å². The number of ether oxygens (including phenoxy) is 2. The largest absolute Gasteiger partial charge is 0.459 e. The first kappa shape index (κ1) is 23.1. The van der Waals surface area contributed by atoms with Gasteiger partial charge in [0.25, 0.3) is 0 Å². The van der Waals surface area contributed by atoms with Gasteiger partial charge in [0.05, 0.1) is 19.1 Å². The molecule has 7 heteroatoms. The molecule has 0 bridgehead atoms. The highest BCUT2D eigenvalue weighted by Gasteiger charge is 2.16. The first-order valence-corrected chi connectivity index (χ1v) is 10.1. The van der Waals surface area contributed by atoms with E-state index in [1.807, 2.05) is 24.3 Å². The number of halogens is 1. The molecule has 2 aromatic carbocycles. The van der Waals surface area contributed by atoms with E-state index in [2.05, 4.69) is 21.2 Å². The van der Waals surface area contributed by atoms with Crippen LogP contribution in [0.2, 0.25) is 0 Å². The third-order valence-electron chi connectivity index (χ3n) is 3.76. The summed E-state index contributed by atoms with van der Waals surface area (Å²) in [6.45, 7) is 5.60. The fourth-order valence-electron chi connectivity index (χ4n) is 2.55. The summed E-state index contributed by atoms with van der Waals surface area (Å²) >= 11 is 3.37. The quantitative estimate of drug-likeness (QED) is 0.459. The Kier molecular flexibility index (Phi) is 8.37. The van der Waals surface area contributed by atoms with Gasteiger partial charge in [-0.15, -0.1) is 0 Å². The molecule has 156 valence electrons. The zero-order valence-electron chi connectivity index (χ0n) is 16.8. The zero-order valence-corrected chi connectivity index (χ0v) is 18.4. The fourth-order valence-corrected chi connectivity index (χ4v) is 2.99. The molecule has 0 saturated heterocycles. The lowest BCUT2D eigenvalue weighted by Gasteiger charge is -2.20. The number of aliphatic hydroxyl groups excluding tert-OH is 1. The molecule has 0 radical (unpaired) electrons. The van der Waals surface area contributed by atoms with Gasteiger partial charge in [-0.1, -0.05) is 40.2 Å². The first-order chi connectivity index (χ1) is 13.6. The molecule has 29 heavy (non-hydrogen) atoms. The third kappa shape index (κ3) is 8.77. The summed E-state index contributed by atoms with van der Waals surface area (Å²) in [5, 5.41) is 13.1. The van der Waals surface area contributed by atoms with Gasteiger partial charge in [-0.3, -0.25) is 9.59 Å². The second kappa shape index (κ2) is 10.5. The molecule has 0 heterocycles. The van der Waals surface area contributed by atoms with Gasteiger partial charge in [-0.2, -0.15) is 0 Å². The minimum atomic E-state index is -0.802. The Bertz CT molecular complexity index is 830. The minimum Gasteiger partial charge on any atom is -0.459 e. The van der Waals surface area contributed by atoms with Crippen molar-refractivity contribution < 1.29 is 24.2 Å².